The number of nitrogens with zero attached hydrogens (tertiary/aromatic N) is 3. The largest absolute Gasteiger partial charge is 0.455 e. The van der Waals surface area contributed by atoms with Crippen LogP contribution in [0.1, 0.15) is 0 Å². The van der Waals surface area contributed by atoms with Crippen molar-refractivity contribution in [3.05, 3.63) is 224 Å². The molecule has 0 saturated carbocycles. The van der Waals surface area contributed by atoms with Gasteiger partial charge in [0, 0.05) is 65.7 Å². The molecule has 0 aliphatic rings. The van der Waals surface area contributed by atoms with Crippen molar-refractivity contribution in [2.45, 2.75) is 0 Å². The number of para-hydroxylation sites is 7. The van der Waals surface area contributed by atoms with E-state index in [0.717, 1.165) is 66.7 Å². The summed E-state index contributed by atoms with van der Waals surface area (Å²) in [6, 6.07) is 81.5. The van der Waals surface area contributed by atoms with Gasteiger partial charge in [-0.15, -0.1) is 0 Å². The summed E-state index contributed by atoms with van der Waals surface area (Å²) < 4.78 is 14.0. The maximum Gasteiger partial charge on any atom is 0.143 e. The minimum absolute atomic E-state index is 0.894. The topological polar surface area (TPSA) is 27.9 Å². The van der Waals surface area contributed by atoms with Crippen molar-refractivity contribution in [3.8, 4) is 39.3 Å². The monoisotopic (exact) mass is 815 g/mol. The van der Waals surface area contributed by atoms with Gasteiger partial charge in [0.2, 0.25) is 0 Å². The lowest BCUT2D eigenvalue weighted by Gasteiger charge is -2.15. The highest BCUT2D eigenvalue weighted by molar-refractivity contribution is 6.22. The van der Waals surface area contributed by atoms with Crippen LogP contribution in [0.3, 0.4) is 0 Å². The van der Waals surface area contributed by atoms with Gasteiger partial charge >= 0.3 is 0 Å². The summed E-state index contributed by atoms with van der Waals surface area (Å²) >= 11 is 0. The van der Waals surface area contributed by atoms with E-state index in [0.29, 0.717) is 0 Å². The Bertz CT molecular complexity index is 4180. The summed E-state index contributed by atoms with van der Waals surface area (Å²) in [5.41, 5.74) is 16.8. The molecule has 14 aromatic rings. The van der Waals surface area contributed by atoms with Gasteiger partial charge in [0.15, 0.2) is 0 Å². The summed E-state index contributed by atoms with van der Waals surface area (Å²) in [4.78, 5) is 0. The molecule has 0 aliphatic carbocycles. The van der Waals surface area contributed by atoms with Crippen molar-refractivity contribution < 1.29 is 4.42 Å². The molecule has 0 saturated heterocycles. The second-order valence-corrected chi connectivity index (χ2v) is 16.8. The first kappa shape index (κ1) is 35.0. The molecule has 0 fully saturated rings. The van der Waals surface area contributed by atoms with E-state index in [4.69, 9.17) is 4.42 Å². The average molecular weight is 816 g/mol. The van der Waals surface area contributed by atoms with E-state index in [1.165, 1.54) is 59.9 Å². The first-order chi connectivity index (χ1) is 31.8. The zero-order valence-electron chi connectivity index (χ0n) is 34.6. The quantitative estimate of drug-likeness (QED) is 0.170. The highest BCUT2D eigenvalue weighted by Crippen LogP contribution is 2.48. The number of hydrogen-bond acceptors (Lipinski definition) is 1. The van der Waals surface area contributed by atoms with Crippen LogP contribution >= 0.6 is 0 Å². The van der Waals surface area contributed by atoms with Crippen LogP contribution in [0.4, 0.5) is 0 Å². The van der Waals surface area contributed by atoms with Crippen LogP contribution in [0.2, 0.25) is 0 Å². The molecule has 4 heteroatoms. The van der Waals surface area contributed by atoms with Gasteiger partial charge < -0.3 is 18.1 Å². The van der Waals surface area contributed by atoms with E-state index in [-0.39, 0.29) is 0 Å². The summed E-state index contributed by atoms with van der Waals surface area (Å²) in [5.74, 6) is 0. The Balaban J connectivity index is 1.06. The van der Waals surface area contributed by atoms with Gasteiger partial charge in [-0.25, -0.2) is 0 Å². The SMILES string of the molecule is c1ccc(-n2c3ccccc3c3cc(-n4c5ccccc5c5cc(-c6c(-c7cccc8c7oc7ccccc78)ccc7c6c6ccccc6n7-c6ccccc6)ccc54)ccc32)cc1. The van der Waals surface area contributed by atoms with Gasteiger partial charge in [0.05, 0.1) is 33.1 Å². The molecule has 4 nitrogen and oxygen atoms in total. The summed E-state index contributed by atoms with van der Waals surface area (Å²) in [5, 5.41) is 9.55. The predicted molar refractivity (Wildman–Crippen MR) is 268 cm³/mol. The van der Waals surface area contributed by atoms with Crippen molar-refractivity contribution in [1.82, 2.24) is 13.7 Å². The van der Waals surface area contributed by atoms with Gasteiger partial charge in [-0.1, -0.05) is 140 Å². The Morgan fingerprint density at radius 2 is 0.781 bits per heavy atom. The fourth-order valence-corrected chi connectivity index (χ4v) is 10.8. The number of aromatic nitrogens is 3. The lowest BCUT2D eigenvalue weighted by molar-refractivity contribution is 0.670. The van der Waals surface area contributed by atoms with Crippen molar-refractivity contribution in [3.63, 3.8) is 0 Å². The molecule has 298 valence electrons. The second-order valence-electron chi connectivity index (χ2n) is 16.8. The number of fused-ring (bicyclic) bond motifs is 12. The normalized spacial score (nSPS) is 12.1. The Morgan fingerprint density at radius 3 is 1.48 bits per heavy atom. The molecule has 4 aromatic heterocycles. The summed E-state index contributed by atoms with van der Waals surface area (Å²) in [6.07, 6.45) is 0. The van der Waals surface area contributed by atoms with Crippen LogP contribution < -0.4 is 0 Å². The Labute approximate surface area is 367 Å². The Kier molecular flexibility index (Phi) is 7.36. The van der Waals surface area contributed by atoms with Crippen molar-refractivity contribution in [2.24, 2.45) is 0 Å². The zero-order valence-corrected chi connectivity index (χ0v) is 34.6. The molecule has 0 atom stereocenters. The lowest BCUT2D eigenvalue weighted by Crippen LogP contribution is -1.96. The maximum absolute atomic E-state index is 6.76. The zero-order chi connectivity index (χ0) is 41.9. The van der Waals surface area contributed by atoms with E-state index in [2.05, 4.69) is 232 Å². The molecular formula is C60H37N3O. The fraction of sp³-hybridized carbons (Fsp3) is 0. The number of hydrogen-bond donors (Lipinski definition) is 0. The first-order valence-corrected chi connectivity index (χ1v) is 21.9. The van der Waals surface area contributed by atoms with Gasteiger partial charge in [0.25, 0.3) is 0 Å². The average Bonchev–Trinajstić information content (AvgIpc) is 4.10. The van der Waals surface area contributed by atoms with Crippen LogP contribution in [0, 0.1) is 0 Å². The number of furan rings is 1. The van der Waals surface area contributed by atoms with E-state index in [9.17, 15) is 0 Å². The smallest absolute Gasteiger partial charge is 0.143 e. The standard InChI is InChI=1S/C60H37N3O/c1-3-16-39(17-4-1)61-51-26-11-8-21-43(51)50-37-41(31-34-55(50)61)63-52-27-12-7-20-42(52)49-36-38(30-33-54(49)63)58-45(47-25-15-24-46-44-22-10-14-29-57(44)64-60(46)47)32-35-56-59(58)48-23-9-13-28-53(48)62(56)40-18-5-2-6-19-40/h1-37H. The third kappa shape index (κ3) is 4.93. The molecule has 0 unspecified atom stereocenters. The van der Waals surface area contributed by atoms with Crippen LogP contribution in [0.5, 0.6) is 0 Å². The van der Waals surface area contributed by atoms with E-state index in [1.54, 1.807) is 0 Å². The molecule has 14 rings (SSSR count). The van der Waals surface area contributed by atoms with Crippen LogP contribution in [0.15, 0.2) is 229 Å². The molecule has 64 heavy (non-hydrogen) atoms. The maximum atomic E-state index is 6.76. The molecule has 0 radical (unpaired) electrons. The fourth-order valence-electron chi connectivity index (χ4n) is 10.8. The van der Waals surface area contributed by atoms with Crippen molar-refractivity contribution >= 4 is 87.4 Å². The third-order valence-electron chi connectivity index (χ3n) is 13.4. The van der Waals surface area contributed by atoms with Crippen molar-refractivity contribution in [2.75, 3.05) is 0 Å². The molecular weight excluding hydrogens is 779 g/mol. The second kappa shape index (κ2) is 13.4. The van der Waals surface area contributed by atoms with E-state index < -0.39 is 0 Å². The number of rotatable bonds is 5. The summed E-state index contributed by atoms with van der Waals surface area (Å²) in [7, 11) is 0. The lowest BCUT2D eigenvalue weighted by atomic mass is 9.89. The van der Waals surface area contributed by atoms with E-state index >= 15 is 0 Å². The molecule has 0 N–H and O–H groups in total. The molecule has 0 bridgehead atoms. The highest BCUT2D eigenvalue weighted by atomic mass is 16.3. The van der Waals surface area contributed by atoms with Gasteiger partial charge in [-0.2, -0.15) is 0 Å². The van der Waals surface area contributed by atoms with Gasteiger partial charge in [-0.05, 0) is 102 Å². The predicted octanol–water partition coefficient (Wildman–Crippen LogP) is 16.2. The van der Waals surface area contributed by atoms with Crippen LogP contribution in [-0.4, -0.2) is 13.7 Å². The molecule has 0 amide bonds. The van der Waals surface area contributed by atoms with Crippen LogP contribution in [0.25, 0.3) is 127 Å². The summed E-state index contributed by atoms with van der Waals surface area (Å²) in [6.45, 7) is 0. The van der Waals surface area contributed by atoms with Gasteiger partial charge in [0.1, 0.15) is 11.2 Å². The molecule has 10 aromatic carbocycles. The number of benzene rings is 10. The third-order valence-corrected chi connectivity index (χ3v) is 13.4. The van der Waals surface area contributed by atoms with E-state index in [1.807, 2.05) is 6.07 Å². The Morgan fingerprint density at radius 1 is 0.281 bits per heavy atom. The minimum atomic E-state index is 0.894. The molecule has 0 aliphatic heterocycles. The minimum Gasteiger partial charge on any atom is -0.455 e. The molecule has 0 spiro atoms. The highest BCUT2D eigenvalue weighted by Gasteiger charge is 2.24. The van der Waals surface area contributed by atoms with Crippen LogP contribution in [-0.2, 0) is 0 Å². The molecule has 4 heterocycles. The first-order valence-electron chi connectivity index (χ1n) is 21.9. The van der Waals surface area contributed by atoms with Gasteiger partial charge in [-0.3, -0.25) is 0 Å². The van der Waals surface area contributed by atoms with Crippen molar-refractivity contribution in [1.29, 1.82) is 0 Å². The Hall–Kier alpha value is -8.60.